The smallest absolute Gasteiger partial charge is 0.169 e. The number of benzene rings is 8. The lowest BCUT2D eigenvalue weighted by atomic mass is 10.0. The van der Waals surface area contributed by atoms with Crippen LogP contribution in [0.2, 0.25) is 0 Å². The van der Waals surface area contributed by atoms with Crippen LogP contribution in [0.15, 0.2) is 209 Å². The molecule has 0 fully saturated rings. The lowest BCUT2D eigenvalue weighted by Gasteiger charge is -2.22. The molecule has 1 atom stereocenters. The molecule has 10 aromatic rings. The molecule has 0 radical (unpaired) electrons. The van der Waals surface area contributed by atoms with Gasteiger partial charge in [-0.05, 0) is 52.6 Å². The number of fused-ring (bicyclic) bond motifs is 6. The van der Waals surface area contributed by atoms with E-state index < -0.39 is 6.17 Å². The Labute approximate surface area is 323 Å². The number of amidine groups is 2. The van der Waals surface area contributed by atoms with Gasteiger partial charge in [-0.3, -0.25) is 0 Å². The number of nitrogens with zero attached hydrogens (tertiary/aromatic N) is 3. The van der Waals surface area contributed by atoms with Crippen LogP contribution < -0.4 is 5.32 Å². The van der Waals surface area contributed by atoms with Gasteiger partial charge in [0.2, 0.25) is 0 Å². The van der Waals surface area contributed by atoms with Crippen LogP contribution in [0.4, 0.5) is 0 Å². The van der Waals surface area contributed by atoms with Gasteiger partial charge in [-0.1, -0.05) is 164 Å². The van der Waals surface area contributed by atoms with Gasteiger partial charge in [-0.2, -0.15) is 0 Å². The Morgan fingerprint density at radius 2 is 0.982 bits per heavy atom. The molecule has 1 unspecified atom stereocenters. The Kier molecular flexibility index (Phi) is 7.49. The van der Waals surface area contributed by atoms with Crippen molar-refractivity contribution in [3.8, 4) is 27.9 Å². The predicted octanol–water partition coefficient (Wildman–Crippen LogP) is 12.5. The maximum atomic E-state index is 6.91. The van der Waals surface area contributed by atoms with Crippen LogP contribution >= 0.6 is 0 Å². The largest absolute Gasteiger partial charge is 0.454 e. The summed E-state index contributed by atoms with van der Waals surface area (Å²) in [5, 5.41) is 8.09. The Morgan fingerprint density at radius 1 is 0.411 bits per heavy atom. The highest BCUT2D eigenvalue weighted by Crippen LogP contribution is 2.40. The molecule has 2 aromatic heterocycles. The van der Waals surface area contributed by atoms with Gasteiger partial charge in [0.25, 0.3) is 0 Å². The number of aromatic nitrogens is 1. The van der Waals surface area contributed by atoms with E-state index in [2.05, 4.69) is 180 Å². The summed E-state index contributed by atoms with van der Waals surface area (Å²) in [7, 11) is 0. The molecule has 8 aromatic carbocycles. The number of nitrogens with one attached hydrogen (secondary N) is 1. The minimum Gasteiger partial charge on any atom is -0.454 e. The van der Waals surface area contributed by atoms with Crippen LogP contribution in [0.3, 0.4) is 0 Å². The number of para-hydroxylation sites is 2. The molecule has 1 aliphatic rings. The van der Waals surface area contributed by atoms with E-state index in [-0.39, 0.29) is 0 Å². The quantitative estimate of drug-likeness (QED) is 0.186. The van der Waals surface area contributed by atoms with E-state index in [0.29, 0.717) is 0 Å². The summed E-state index contributed by atoms with van der Waals surface area (Å²) < 4.78 is 9.26. The maximum Gasteiger partial charge on any atom is 0.169 e. The summed E-state index contributed by atoms with van der Waals surface area (Å²) >= 11 is 0. The number of furan rings is 1. The molecule has 0 saturated carbocycles. The summed E-state index contributed by atoms with van der Waals surface area (Å²) in [6.07, 6.45) is -0.479. The summed E-state index contributed by atoms with van der Waals surface area (Å²) in [4.78, 5) is 10.4. The van der Waals surface area contributed by atoms with Crippen molar-refractivity contribution in [3.63, 3.8) is 0 Å². The second-order valence-electron chi connectivity index (χ2n) is 14.2. The Hall–Kier alpha value is -7.50. The van der Waals surface area contributed by atoms with Crippen molar-refractivity contribution in [1.29, 1.82) is 0 Å². The average molecular weight is 719 g/mol. The van der Waals surface area contributed by atoms with Crippen LogP contribution in [0.5, 0.6) is 0 Å². The predicted molar refractivity (Wildman–Crippen MR) is 231 cm³/mol. The Balaban J connectivity index is 1.05. The van der Waals surface area contributed by atoms with Gasteiger partial charge in [0.15, 0.2) is 11.7 Å². The first-order chi connectivity index (χ1) is 27.7. The van der Waals surface area contributed by atoms with Crippen LogP contribution in [-0.2, 0) is 0 Å². The zero-order chi connectivity index (χ0) is 37.0. The van der Waals surface area contributed by atoms with E-state index in [0.717, 1.165) is 78.1 Å². The van der Waals surface area contributed by atoms with Crippen molar-refractivity contribution in [2.24, 2.45) is 9.98 Å². The summed E-state index contributed by atoms with van der Waals surface area (Å²) in [6, 6.07) is 68.0. The van der Waals surface area contributed by atoms with Gasteiger partial charge in [0.05, 0.1) is 16.7 Å². The topological polar surface area (TPSA) is 54.8 Å². The Morgan fingerprint density at radius 3 is 1.75 bits per heavy atom. The molecule has 0 amide bonds. The molecular weight excluding hydrogens is 685 g/mol. The van der Waals surface area contributed by atoms with Crippen LogP contribution in [0.25, 0.3) is 71.7 Å². The lowest BCUT2D eigenvalue weighted by molar-refractivity contribution is 0.663. The number of aliphatic imine (C=N–C) groups is 2. The zero-order valence-corrected chi connectivity index (χ0v) is 30.3. The third-order valence-corrected chi connectivity index (χ3v) is 10.9. The molecule has 11 rings (SSSR count). The van der Waals surface area contributed by atoms with Gasteiger partial charge < -0.3 is 14.3 Å². The van der Waals surface area contributed by atoms with Crippen molar-refractivity contribution in [2.75, 3.05) is 0 Å². The standard InChI is InChI=1S/C51H34N4O/c1-4-14-33(15-5-1)36-20-12-21-38(30-36)50-52-49(35-18-8-3-9-19-35)53-51(54-50)39-27-29-42-43-23-13-25-45(48(43)56-47(42)32-39)55-44-24-11-10-22-40(44)41-28-26-37(31-46(41)55)34-16-6-2-7-17-34/h1-32,51H,(H,52,53,54). The van der Waals surface area contributed by atoms with Crippen molar-refractivity contribution in [1.82, 2.24) is 9.88 Å². The van der Waals surface area contributed by atoms with Gasteiger partial charge in [0.1, 0.15) is 17.3 Å². The molecule has 5 heteroatoms. The number of hydrogen-bond acceptors (Lipinski definition) is 4. The third-order valence-electron chi connectivity index (χ3n) is 10.9. The second kappa shape index (κ2) is 13.1. The summed E-state index contributed by atoms with van der Waals surface area (Å²) in [5.41, 5.74) is 12.5. The van der Waals surface area contributed by atoms with Gasteiger partial charge in [-0.25, -0.2) is 9.98 Å². The minimum atomic E-state index is -0.479. The molecular formula is C51H34N4O. The lowest BCUT2D eigenvalue weighted by Crippen LogP contribution is -2.36. The fraction of sp³-hybridized carbons (Fsp3) is 0.0196. The molecule has 3 heterocycles. The Bertz CT molecular complexity index is 3160. The molecule has 0 aliphatic carbocycles. The molecule has 56 heavy (non-hydrogen) atoms. The molecule has 1 N–H and O–H groups in total. The van der Waals surface area contributed by atoms with Gasteiger partial charge in [-0.15, -0.1) is 0 Å². The number of rotatable bonds is 6. The summed E-state index contributed by atoms with van der Waals surface area (Å²) in [6.45, 7) is 0. The van der Waals surface area contributed by atoms with Gasteiger partial charge >= 0.3 is 0 Å². The monoisotopic (exact) mass is 718 g/mol. The normalized spacial score (nSPS) is 14.2. The maximum absolute atomic E-state index is 6.91. The van der Waals surface area contributed by atoms with Crippen LogP contribution in [0.1, 0.15) is 22.9 Å². The fourth-order valence-electron chi connectivity index (χ4n) is 8.14. The van der Waals surface area contributed by atoms with Crippen molar-refractivity contribution < 1.29 is 4.42 Å². The second-order valence-corrected chi connectivity index (χ2v) is 14.2. The fourth-order valence-corrected chi connectivity index (χ4v) is 8.14. The van der Waals surface area contributed by atoms with E-state index in [1.54, 1.807) is 0 Å². The van der Waals surface area contributed by atoms with Crippen molar-refractivity contribution >= 4 is 55.4 Å². The third kappa shape index (κ3) is 5.40. The van der Waals surface area contributed by atoms with Crippen molar-refractivity contribution in [2.45, 2.75) is 6.17 Å². The van der Waals surface area contributed by atoms with E-state index in [1.807, 2.05) is 24.3 Å². The SMILES string of the molecule is c1ccc(C2=NC(c3ccc4c(c3)oc3c(-n5c6ccccc6c6ccc(-c7ccccc7)cc65)cccc34)N=C(c3cccc(-c4ccccc4)c3)N2)cc1. The highest BCUT2D eigenvalue weighted by molar-refractivity contribution is 6.16. The minimum absolute atomic E-state index is 0.479. The van der Waals surface area contributed by atoms with Crippen molar-refractivity contribution in [3.05, 3.63) is 211 Å². The highest BCUT2D eigenvalue weighted by atomic mass is 16.3. The van der Waals surface area contributed by atoms with E-state index in [4.69, 9.17) is 14.4 Å². The highest BCUT2D eigenvalue weighted by Gasteiger charge is 2.23. The summed E-state index contributed by atoms with van der Waals surface area (Å²) in [5.74, 6) is 1.55. The van der Waals surface area contributed by atoms with E-state index in [1.165, 1.54) is 21.9 Å². The molecule has 0 spiro atoms. The zero-order valence-electron chi connectivity index (χ0n) is 30.3. The first kappa shape index (κ1) is 32.0. The van der Waals surface area contributed by atoms with E-state index in [9.17, 15) is 0 Å². The van der Waals surface area contributed by atoms with E-state index >= 15 is 0 Å². The van der Waals surface area contributed by atoms with Gasteiger partial charge in [0, 0.05) is 38.2 Å². The molecule has 0 bridgehead atoms. The molecule has 0 saturated heterocycles. The first-order valence-electron chi connectivity index (χ1n) is 18.9. The van der Waals surface area contributed by atoms with Crippen LogP contribution in [-0.4, -0.2) is 16.2 Å². The molecule has 1 aliphatic heterocycles. The van der Waals surface area contributed by atoms with Crippen LogP contribution in [0, 0.1) is 0 Å². The molecule has 264 valence electrons. The first-order valence-corrected chi connectivity index (χ1v) is 18.9. The average Bonchev–Trinajstić information content (AvgIpc) is 3.82. The molecule has 5 nitrogen and oxygen atoms in total. The number of hydrogen-bond donors (Lipinski definition) is 1.